The van der Waals surface area contributed by atoms with E-state index in [-0.39, 0.29) is 17.6 Å². The summed E-state index contributed by atoms with van der Waals surface area (Å²) in [6.07, 6.45) is 1.45. The lowest BCUT2D eigenvalue weighted by Crippen LogP contribution is -2.38. The number of rotatable bonds is 3. The number of aromatic amines is 1. The molecule has 0 bridgehead atoms. The minimum atomic E-state index is -0.346. The van der Waals surface area contributed by atoms with Gasteiger partial charge in [-0.15, -0.1) is 0 Å². The van der Waals surface area contributed by atoms with Gasteiger partial charge in [-0.25, -0.2) is 4.79 Å². The molecule has 0 spiro atoms. The van der Waals surface area contributed by atoms with Crippen LogP contribution in [0.2, 0.25) is 0 Å². The zero-order valence-corrected chi connectivity index (χ0v) is 12.5. The summed E-state index contributed by atoms with van der Waals surface area (Å²) in [6.45, 7) is 3.63. The van der Waals surface area contributed by atoms with Crippen molar-refractivity contribution in [2.45, 2.75) is 19.8 Å². The van der Waals surface area contributed by atoms with E-state index >= 15 is 0 Å². The van der Waals surface area contributed by atoms with E-state index in [9.17, 15) is 9.59 Å². The molecule has 2 aromatic rings. The maximum absolute atomic E-state index is 11.8. The average Bonchev–Trinajstić information content (AvgIpc) is 2.54. The van der Waals surface area contributed by atoms with E-state index in [1.165, 1.54) is 0 Å². The van der Waals surface area contributed by atoms with E-state index in [0.29, 0.717) is 25.5 Å². The van der Waals surface area contributed by atoms with Crippen LogP contribution < -0.4 is 10.6 Å². The Bertz CT molecular complexity index is 733. The fourth-order valence-electron chi connectivity index (χ4n) is 2.91. The number of para-hydroxylation sites is 1. The van der Waals surface area contributed by atoms with Crippen LogP contribution in [0.5, 0.6) is 0 Å². The molecule has 0 saturated carbocycles. The molecule has 3 rings (SSSR count). The number of nitrogens with zero attached hydrogens (tertiary/aromatic N) is 2. The lowest BCUT2D eigenvalue weighted by Gasteiger charge is -2.32. The van der Waals surface area contributed by atoms with Crippen molar-refractivity contribution in [2.75, 3.05) is 24.6 Å². The second kappa shape index (κ2) is 6.17. The monoisotopic (exact) mass is 301 g/mol. The first kappa shape index (κ1) is 14.6. The highest BCUT2D eigenvalue weighted by Gasteiger charge is 2.27. The van der Waals surface area contributed by atoms with Gasteiger partial charge in [-0.2, -0.15) is 4.98 Å². The Morgan fingerprint density at radius 2 is 2.09 bits per heavy atom. The molecule has 6 heteroatoms. The number of ether oxygens (including phenoxy) is 1. The van der Waals surface area contributed by atoms with Crippen LogP contribution in [-0.4, -0.2) is 35.6 Å². The second-order valence-corrected chi connectivity index (χ2v) is 5.42. The van der Waals surface area contributed by atoms with Crippen LogP contribution in [0.15, 0.2) is 29.1 Å². The Balaban J connectivity index is 1.82. The van der Waals surface area contributed by atoms with Crippen molar-refractivity contribution in [3.05, 3.63) is 34.7 Å². The van der Waals surface area contributed by atoms with E-state index in [2.05, 4.69) is 14.9 Å². The molecule has 1 aromatic heterocycles. The van der Waals surface area contributed by atoms with E-state index in [1.807, 2.05) is 31.2 Å². The summed E-state index contributed by atoms with van der Waals surface area (Å²) in [5.74, 6) is 0.525. The summed E-state index contributed by atoms with van der Waals surface area (Å²) >= 11 is 0. The number of anilines is 1. The number of benzene rings is 1. The average molecular weight is 301 g/mol. The van der Waals surface area contributed by atoms with Gasteiger partial charge in [0.25, 0.3) is 0 Å². The van der Waals surface area contributed by atoms with Gasteiger partial charge in [-0.1, -0.05) is 12.1 Å². The minimum absolute atomic E-state index is 0.0514. The number of esters is 1. The molecule has 0 unspecified atom stereocenters. The third-order valence-corrected chi connectivity index (χ3v) is 4.03. The Labute approximate surface area is 128 Å². The topological polar surface area (TPSA) is 75.3 Å². The SMILES string of the molecule is CCOC(=O)C1CCN(c2nc(=O)[nH]c3ccccc23)CC1. The molecule has 0 aliphatic carbocycles. The van der Waals surface area contributed by atoms with E-state index in [0.717, 1.165) is 23.7 Å². The van der Waals surface area contributed by atoms with Gasteiger partial charge in [-0.05, 0) is 31.9 Å². The van der Waals surface area contributed by atoms with Crippen LogP contribution in [-0.2, 0) is 9.53 Å². The first-order valence-electron chi connectivity index (χ1n) is 7.59. The molecular formula is C16H19N3O3. The van der Waals surface area contributed by atoms with E-state index in [1.54, 1.807) is 0 Å². The largest absolute Gasteiger partial charge is 0.466 e. The summed E-state index contributed by atoms with van der Waals surface area (Å²) in [5.41, 5.74) is 0.436. The lowest BCUT2D eigenvalue weighted by atomic mass is 9.97. The van der Waals surface area contributed by atoms with Gasteiger partial charge in [0.2, 0.25) is 0 Å². The number of carbonyl (C=O) groups is 1. The van der Waals surface area contributed by atoms with Crippen LogP contribution in [0, 0.1) is 5.92 Å². The van der Waals surface area contributed by atoms with Gasteiger partial charge in [0.15, 0.2) is 0 Å². The summed E-state index contributed by atoms with van der Waals surface area (Å²) in [4.78, 5) is 32.5. The summed E-state index contributed by atoms with van der Waals surface area (Å²) in [6, 6.07) is 7.63. The summed E-state index contributed by atoms with van der Waals surface area (Å²) < 4.78 is 5.08. The van der Waals surface area contributed by atoms with Gasteiger partial charge in [0.1, 0.15) is 5.82 Å². The molecule has 6 nitrogen and oxygen atoms in total. The van der Waals surface area contributed by atoms with Gasteiger partial charge in [0.05, 0.1) is 18.0 Å². The van der Waals surface area contributed by atoms with Crippen molar-refractivity contribution in [3.63, 3.8) is 0 Å². The number of hydrogen-bond acceptors (Lipinski definition) is 5. The first-order valence-corrected chi connectivity index (χ1v) is 7.59. The molecular weight excluding hydrogens is 282 g/mol. The van der Waals surface area contributed by atoms with Gasteiger partial charge >= 0.3 is 11.7 Å². The number of piperidine rings is 1. The lowest BCUT2D eigenvalue weighted by molar-refractivity contribution is -0.148. The van der Waals surface area contributed by atoms with Crippen molar-refractivity contribution in [1.29, 1.82) is 0 Å². The van der Waals surface area contributed by atoms with E-state index in [4.69, 9.17) is 4.74 Å². The molecule has 1 N–H and O–H groups in total. The van der Waals surface area contributed by atoms with Crippen LogP contribution in [0.1, 0.15) is 19.8 Å². The highest BCUT2D eigenvalue weighted by molar-refractivity contribution is 5.89. The normalized spacial score (nSPS) is 16.0. The van der Waals surface area contributed by atoms with Gasteiger partial charge < -0.3 is 14.6 Å². The Hall–Kier alpha value is -2.37. The molecule has 1 fully saturated rings. The Morgan fingerprint density at radius 1 is 1.36 bits per heavy atom. The third kappa shape index (κ3) is 2.81. The molecule has 116 valence electrons. The quantitative estimate of drug-likeness (QED) is 0.873. The molecule has 1 saturated heterocycles. The van der Waals surface area contributed by atoms with E-state index < -0.39 is 0 Å². The van der Waals surface area contributed by atoms with Crippen molar-refractivity contribution >= 4 is 22.7 Å². The molecule has 22 heavy (non-hydrogen) atoms. The van der Waals surface area contributed by atoms with Crippen LogP contribution >= 0.6 is 0 Å². The predicted molar refractivity (Wildman–Crippen MR) is 83.9 cm³/mol. The number of fused-ring (bicyclic) bond motifs is 1. The van der Waals surface area contributed by atoms with Gasteiger partial charge in [0, 0.05) is 18.5 Å². The highest BCUT2D eigenvalue weighted by Crippen LogP contribution is 2.27. The van der Waals surface area contributed by atoms with Gasteiger partial charge in [-0.3, -0.25) is 4.79 Å². The molecule has 0 atom stereocenters. The first-order chi connectivity index (χ1) is 10.7. The maximum Gasteiger partial charge on any atom is 0.347 e. The highest BCUT2D eigenvalue weighted by atomic mass is 16.5. The molecule has 2 heterocycles. The number of carbonyl (C=O) groups excluding carboxylic acids is 1. The molecule has 1 aromatic carbocycles. The van der Waals surface area contributed by atoms with Crippen LogP contribution in [0.25, 0.3) is 10.9 Å². The van der Waals surface area contributed by atoms with Crippen molar-refractivity contribution in [3.8, 4) is 0 Å². The minimum Gasteiger partial charge on any atom is -0.466 e. The summed E-state index contributed by atoms with van der Waals surface area (Å²) in [7, 11) is 0. The van der Waals surface area contributed by atoms with Crippen molar-refractivity contribution in [1.82, 2.24) is 9.97 Å². The fourth-order valence-corrected chi connectivity index (χ4v) is 2.91. The molecule has 0 radical (unpaired) electrons. The maximum atomic E-state index is 11.8. The summed E-state index contributed by atoms with van der Waals surface area (Å²) in [5, 5.41) is 0.927. The number of hydrogen-bond donors (Lipinski definition) is 1. The van der Waals surface area contributed by atoms with Crippen LogP contribution in [0.3, 0.4) is 0 Å². The predicted octanol–water partition coefficient (Wildman–Crippen LogP) is 1.70. The fraction of sp³-hybridized carbons (Fsp3) is 0.438. The number of nitrogens with one attached hydrogen (secondary N) is 1. The second-order valence-electron chi connectivity index (χ2n) is 5.42. The smallest absolute Gasteiger partial charge is 0.347 e. The Morgan fingerprint density at radius 3 is 2.82 bits per heavy atom. The standard InChI is InChI=1S/C16H19N3O3/c1-2-22-15(20)11-7-9-19(10-8-11)14-12-5-3-4-6-13(12)17-16(21)18-14/h3-6,11H,2,7-10H2,1H3,(H,17,18,21). The molecule has 1 aliphatic heterocycles. The van der Waals surface area contributed by atoms with Crippen molar-refractivity contribution < 1.29 is 9.53 Å². The number of H-pyrrole nitrogens is 1. The zero-order valence-electron chi connectivity index (χ0n) is 12.5. The Kier molecular flexibility index (Phi) is 4.09. The van der Waals surface area contributed by atoms with Crippen molar-refractivity contribution in [2.24, 2.45) is 5.92 Å². The number of aromatic nitrogens is 2. The molecule has 0 amide bonds. The molecule has 1 aliphatic rings. The zero-order chi connectivity index (χ0) is 15.5. The third-order valence-electron chi connectivity index (χ3n) is 4.03. The van der Waals surface area contributed by atoms with Crippen LogP contribution in [0.4, 0.5) is 5.82 Å².